The Morgan fingerprint density at radius 3 is 2.77 bits per heavy atom. The minimum Gasteiger partial charge on any atom is -0.383 e. The highest BCUT2D eigenvalue weighted by atomic mass is 19.1. The van der Waals surface area contributed by atoms with Gasteiger partial charge in [0.2, 0.25) is 0 Å². The van der Waals surface area contributed by atoms with E-state index in [0.29, 0.717) is 12.2 Å². The molecule has 2 nitrogen and oxygen atoms in total. The van der Waals surface area contributed by atoms with Gasteiger partial charge in [-0.25, -0.2) is 4.39 Å². The van der Waals surface area contributed by atoms with E-state index in [1.807, 2.05) is 13.0 Å². The predicted molar refractivity (Wildman–Crippen MR) is 49.9 cm³/mol. The molecule has 0 unspecified atom stereocenters. The maximum atomic E-state index is 13.3. The average molecular weight is 183 g/mol. The number of nitrogens with two attached hydrogens (primary N) is 1. The van der Waals surface area contributed by atoms with Gasteiger partial charge >= 0.3 is 0 Å². The van der Waals surface area contributed by atoms with Crippen LogP contribution in [0.3, 0.4) is 0 Å². The van der Waals surface area contributed by atoms with Gasteiger partial charge in [0.15, 0.2) is 0 Å². The summed E-state index contributed by atoms with van der Waals surface area (Å²) >= 11 is 0. The Labute approximate surface area is 77.5 Å². The molecule has 0 saturated heterocycles. The minimum absolute atomic E-state index is 0.260. The van der Waals surface area contributed by atoms with Crippen LogP contribution in [0.25, 0.3) is 0 Å². The zero-order valence-corrected chi connectivity index (χ0v) is 7.88. The van der Waals surface area contributed by atoms with E-state index in [9.17, 15) is 4.39 Å². The van der Waals surface area contributed by atoms with Gasteiger partial charge in [-0.15, -0.1) is 0 Å². The number of hydrogen-bond donors (Lipinski definition) is 1. The Hall–Kier alpha value is -0.930. The fourth-order valence-electron chi connectivity index (χ4n) is 1.38. The van der Waals surface area contributed by atoms with Crippen LogP contribution in [0.4, 0.5) is 4.39 Å². The third-order valence-electron chi connectivity index (χ3n) is 1.99. The van der Waals surface area contributed by atoms with Crippen molar-refractivity contribution in [1.82, 2.24) is 0 Å². The third kappa shape index (κ3) is 2.26. The van der Waals surface area contributed by atoms with Crippen LogP contribution in [0.1, 0.15) is 17.2 Å². The molecule has 0 radical (unpaired) electrons. The molecule has 0 fully saturated rings. The molecule has 1 atom stereocenters. The number of halogens is 1. The summed E-state index contributed by atoms with van der Waals surface area (Å²) in [6, 6.07) is 4.55. The molecule has 3 heteroatoms. The standard InChI is InChI=1S/C10H14FNO/c1-7-4-3-5-8(11)10(7)9(12)6-13-2/h3-5,9H,6,12H2,1-2H3/t9-/m1/s1. The Balaban J connectivity index is 2.98. The molecule has 2 N–H and O–H groups in total. The number of aryl methyl sites for hydroxylation is 1. The van der Waals surface area contributed by atoms with Gasteiger partial charge in [0.05, 0.1) is 12.6 Å². The SMILES string of the molecule is COC[C@@H](N)c1c(C)cccc1F. The molecular formula is C10H14FNO. The first-order valence-electron chi connectivity index (χ1n) is 4.16. The average Bonchev–Trinajstić information content (AvgIpc) is 2.04. The Morgan fingerprint density at radius 2 is 2.23 bits per heavy atom. The van der Waals surface area contributed by atoms with Crippen LogP contribution >= 0.6 is 0 Å². The van der Waals surface area contributed by atoms with E-state index < -0.39 is 0 Å². The topological polar surface area (TPSA) is 35.2 Å². The second-order valence-corrected chi connectivity index (χ2v) is 3.03. The fourth-order valence-corrected chi connectivity index (χ4v) is 1.38. The molecule has 1 aromatic rings. The summed E-state index contributed by atoms with van der Waals surface area (Å²) in [7, 11) is 1.55. The molecule has 0 bridgehead atoms. The molecule has 13 heavy (non-hydrogen) atoms. The second-order valence-electron chi connectivity index (χ2n) is 3.03. The number of rotatable bonds is 3. The van der Waals surface area contributed by atoms with Crippen LogP contribution in [-0.4, -0.2) is 13.7 Å². The zero-order chi connectivity index (χ0) is 9.84. The number of benzene rings is 1. The van der Waals surface area contributed by atoms with Crippen LogP contribution in [0.2, 0.25) is 0 Å². The largest absolute Gasteiger partial charge is 0.383 e. The van der Waals surface area contributed by atoms with Crippen LogP contribution in [-0.2, 0) is 4.74 Å². The fraction of sp³-hybridized carbons (Fsp3) is 0.400. The summed E-state index contributed by atoms with van der Waals surface area (Å²) in [6.07, 6.45) is 0. The van der Waals surface area contributed by atoms with Gasteiger partial charge in [0.1, 0.15) is 5.82 Å². The van der Waals surface area contributed by atoms with Crippen molar-refractivity contribution < 1.29 is 9.13 Å². The van der Waals surface area contributed by atoms with E-state index in [2.05, 4.69) is 0 Å². The number of methoxy groups -OCH3 is 1. The van der Waals surface area contributed by atoms with Gasteiger partial charge in [-0.3, -0.25) is 0 Å². The summed E-state index contributed by atoms with van der Waals surface area (Å²) in [5.41, 5.74) is 7.15. The van der Waals surface area contributed by atoms with E-state index in [1.54, 1.807) is 13.2 Å². The lowest BCUT2D eigenvalue weighted by Crippen LogP contribution is -2.18. The molecule has 0 heterocycles. The second kappa shape index (κ2) is 4.35. The van der Waals surface area contributed by atoms with E-state index >= 15 is 0 Å². The van der Waals surface area contributed by atoms with Gasteiger partial charge in [-0.1, -0.05) is 12.1 Å². The Kier molecular flexibility index (Phi) is 3.39. The molecule has 1 rings (SSSR count). The van der Waals surface area contributed by atoms with E-state index in [4.69, 9.17) is 10.5 Å². The predicted octanol–water partition coefficient (Wildman–Crippen LogP) is 1.78. The van der Waals surface area contributed by atoms with Crippen molar-refractivity contribution in [2.75, 3.05) is 13.7 Å². The highest BCUT2D eigenvalue weighted by Gasteiger charge is 2.12. The summed E-state index contributed by atoms with van der Waals surface area (Å²) in [5.74, 6) is -0.260. The van der Waals surface area contributed by atoms with E-state index in [-0.39, 0.29) is 11.9 Å². The molecular weight excluding hydrogens is 169 g/mol. The first-order valence-corrected chi connectivity index (χ1v) is 4.16. The molecule has 0 spiro atoms. The number of ether oxygens (including phenoxy) is 1. The van der Waals surface area contributed by atoms with Crippen molar-refractivity contribution >= 4 is 0 Å². The normalized spacial score (nSPS) is 12.9. The van der Waals surface area contributed by atoms with Crippen LogP contribution < -0.4 is 5.73 Å². The molecule has 0 aliphatic carbocycles. The third-order valence-corrected chi connectivity index (χ3v) is 1.99. The smallest absolute Gasteiger partial charge is 0.128 e. The van der Waals surface area contributed by atoms with Crippen LogP contribution in [0, 0.1) is 12.7 Å². The van der Waals surface area contributed by atoms with Crippen LogP contribution in [0.5, 0.6) is 0 Å². The maximum absolute atomic E-state index is 13.3. The monoisotopic (exact) mass is 183 g/mol. The van der Waals surface area contributed by atoms with Crippen molar-refractivity contribution in [3.05, 3.63) is 35.1 Å². The molecule has 0 aliphatic heterocycles. The molecule has 0 aromatic heterocycles. The highest BCUT2D eigenvalue weighted by Crippen LogP contribution is 2.19. The molecule has 0 saturated carbocycles. The lowest BCUT2D eigenvalue weighted by Gasteiger charge is -2.14. The van der Waals surface area contributed by atoms with E-state index in [1.165, 1.54) is 6.07 Å². The maximum Gasteiger partial charge on any atom is 0.128 e. The van der Waals surface area contributed by atoms with Crippen molar-refractivity contribution in [3.63, 3.8) is 0 Å². The summed E-state index contributed by atoms with van der Waals surface area (Å²) in [4.78, 5) is 0. The van der Waals surface area contributed by atoms with Gasteiger partial charge in [-0.2, -0.15) is 0 Å². The summed E-state index contributed by atoms with van der Waals surface area (Å²) in [5, 5.41) is 0. The van der Waals surface area contributed by atoms with E-state index in [0.717, 1.165) is 5.56 Å². The first kappa shape index (κ1) is 10.2. The number of hydrogen-bond acceptors (Lipinski definition) is 2. The summed E-state index contributed by atoms with van der Waals surface area (Å²) in [6.45, 7) is 2.18. The molecule has 1 aromatic carbocycles. The summed E-state index contributed by atoms with van der Waals surface area (Å²) < 4.78 is 18.2. The molecule has 0 amide bonds. The van der Waals surface area contributed by atoms with Crippen molar-refractivity contribution in [3.8, 4) is 0 Å². The highest BCUT2D eigenvalue weighted by molar-refractivity contribution is 5.30. The van der Waals surface area contributed by atoms with Crippen molar-refractivity contribution in [2.45, 2.75) is 13.0 Å². The van der Waals surface area contributed by atoms with Crippen LogP contribution in [0.15, 0.2) is 18.2 Å². The minimum atomic E-state index is -0.383. The lowest BCUT2D eigenvalue weighted by atomic mass is 10.0. The van der Waals surface area contributed by atoms with Gasteiger partial charge in [-0.05, 0) is 18.6 Å². The molecule has 72 valence electrons. The molecule has 0 aliphatic rings. The van der Waals surface area contributed by atoms with Gasteiger partial charge in [0, 0.05) is 12.7 Å². The Morgan fingerprint density at radius 1 is 1.54 bits per heavy atom. The van der Waals surface area contributed by atoms with Crippen molar-refractivity contribution in [1.29, 1.82) is 0 Å². The quantitative estimate of drug-likeness (QED) is 0.775. The zero-order valence-electron chi connectivity index (χ0n) is 7.88. The Bertz CT molecular complexity index is 268. The van der Waals surface area contributed by atoms with Gasteiger partial charge < -0.3 is 10.5 Å². The lowest BCUT2D eigenvalue weighted by molar-refractivity contribution is 0.179. The van der Waals surface area contributed by atoms with Gasteiger partial charge in [0.25, 0.3) is 0 Å². The van der Waals surface area contributed by atoms with Crippen molar-refractivity contribution in [2.24, 2.45) is 5.73 Å². The first-order chi connectivity index (χ1) is 6.16.